The van der Waals surface area contributed by atoms with Crippen molar-refractivity contribution < 1.29 is 23.4 Å². The van der Waals surface area contributed by atoms with Gasteiger partial charge in [-0.15, -0.1) is 0 Å². The van der Waals surface area contributed by atoms with Gasteiger partial charge in [-0.25, -0.2) is 14.4 Å². The Balaban J connectivity index is 1.31. The highest BCUT2D eigenvalue weighted by molar-refractivity contribution is 6.31. The summed E-state index contributed by atoms with van der Waals surface area (Å²) in [5.41, 5.74) is 1.95. The van der Waals surface area contributed by atoms with Crippen molar-refractivity contribution >= 4 is 39.8 Å². The minimum absolute atomic E-state index is 0.00697. The lowest BCUT2D eigenvalue weighted by atomic mass is 10.0. The van der Waals surface area contributed by atoms with E-state index in [2.05, 4.69) is 20.2 Å². The van der Waals surface area contributed by atoms with Crippen LogP contribution in [0.3, 0.4) is 0 Å². The van der Waals surface area contributed by atoms with Crippen molar-refractivity contribution in [2.24, 2.45) is 0 Å². The summed E-state index contributed by atoms with van der Waals surface area (Å²) < 4.78 is 30.5. The minimum Gasteiger partial charge on any atom is -0.496 e. The van der Waals surface area contributed by atoms with Crippen LogP contribution in [0.4, 0.5) is 15.9 Å². The molecule has 194 valence electrons. The van der Waals surface area contributed by atoms with Gasteiger partial charge in [0.15, 0.2) is 5.78 Å². The van der Waals surface area contributed by atoms with E-state index in [1.165, 1.54) is 18.5 Å². The molecular formula is C27H28ClFN4O4. The second-order valence-corrected chi connectivity index (χ2v) is 9.45. The van der Waals surface area contributed by atoms with Gasteiger partial charge in [0, 0.05) is 54.9 Å². The molecule has 8 nitrogen and oxygen atoms in total. The highest BCUT2D eigenvalue weighted by Gasteiger charge is 2.34. The Bertz CT molecular complexity index is 1320. The number of carbonyl (C=O) groups is 1. The summed E-state index contributed by atoms with van der Waals surface area (Å²) in [6.07, 6.45) is 6.18. The maximum Gasteiger partial charge on any atom is 0.159 e. The Morgan fingerprint density at radius 2 is 2.19 bits per heavy atom. The number of ketones is 1. The summed E-state index contributed by atoms with van der Waals surface area (Å²) in [5.74, 6) is 0.547. The van der Waals surface area contributed by atoms with Crippen molar-refractivity contribution in [2.75, 3.05) is 45.3 Å². The maximum atomic E-state index is 13.6. The number of morpholine rings is 1. The van der Waals surface area contributed by atoms with Crippen LogP contribution in [0, 0.1) is 5.82 Å². The zero-order chi connectivity index (χ0) is 25.8. The van der Waals surface area contributed by atoms with Crippen LogP contribution in [0.15, 0.2) is 48.8 Å². The number of hydrogen-bond acceptors (Lipinski definition) is 8. The number of rotatable bonds is 8. The number of halogens is 2. The summed E-state index contributed by atoms with van der Waals surface area (Å²) in [5, 5.41) is 3.87. The number of allylic oxidation sites excluding steroid dienone is 1. The third-order valence-corrected chi connectivity index (χ3v) is 6.97. The number of ether oxygens (including phenoxy) is 3. The van der Waals surface area contributed by atoms with E-state index in [4.69, 9.17) is 25.8 Å². The highest BCUT2D eigenvalue weighted by Crippen LogP contribution is 2.31. The van der Waals surface area contributed by atoms with Crippen molar-refractivity contribution in [3.8, 4) is 5.75 Å². The second-order valence-electron chi connectivity index (χ2n) is 9.04. The molecule has 10 heteroatoms. The van der Waals surface area contributed by atoms with Crippen molar-refractivity contribution in [3.63, 3.8) is 0 Å². The van der Waals surface area contributed by atoms with Crippen molar-refractivity contribution in [1.29, 1.82) is 0 Å². The van der Waals surface area contributed by atoms with E-state index in [1.807, 2.05) is 12.1 Å². The lowest BCUT2D eigenvalue weighted by Crippen LogP contribution is -2.55. The number of hydrogen-bond donors (Lipinski definition) is 1. The van der Waals surface area contributed by atoms with Gasteiger partial charge in [-0.1, -0.05) is 17.7 Å². The summed E-state index contributed by atoms with van der Waals surface area (Å²) in [6, 6.07) is 8.30. The summed E-state index contributed by atoms with van der Waals surface area (Å²) in [7, 11) is 1.56. The standard InChI is InChI=1S/C27H28ClFN4O4/c1-35-25-14-23-20(27(31-16-30-23)32-18-4-5-22(29)21(28)13-18)12-17(25)11-19(34)3-2-7-33-8-10-37-26-15-36-9-6-24(26)33/h2-5,12-14,16,24,26H,6-11,15H2,1H3,(H,30,31,32)/b3-2+. The molecule has 0 aliphatic carbocycles. The molecule has 2 saturated heterocycles. The SMILES string of the molecule is COc1cc2ncnc(Nc3ccc(F)c(Cl)c3)c2cc1CC(=O)/C=C/CN1CCOC2COCCC21. The lowest BCUT2D eigenvalue weighted by Gasteiger charge is -2.43. The van der Waals surface area contributed by atoms with Crippen LogP contribution in [-0.4, -0.2) is 72.8 Å². The molecule has 37 heavy (non-hydrogen) atoms. The number of aromatic nitrogens is 2. The molecule has 5 rings (SSSR count). The Labute approximate surface area is 219 Å². The number of nitrogens with one attached hydrogen (secondary N) is 1. The minimum atomic E-state index is -0.500. The first-order valence-electron chi connectivity index (χ1n) is 12.2. The zero-order valence-electron chi connectivity index (χ0n) is 20.5. The van der Waals surface area contributed by atoms with E-state index in [1.54, 1.807) is 25.3 Å². The molecule has 0 saturated carbocycles. The number of nitrogens with zero attached hydrogens (tertiary/aromatic N) is 3. The topological polar surface area (TPSA) is 85.8 Å². The average Bonchev–Trinajstić information content (AvgIpc) is 2.91. The molecule has 2 fully saturated rings. The fourth-order valence-corrected chi connectivity index (χ4v) is 5.01. The van der Waals surface area contributed by atoms with Crippen molar-refractivity contribution in [2.45, 2.75) is 25.0 Å². The zero-order valence-corrected chi connectivity index (χ0v) is 21.2. The third kappa shape index (κ3) is 5.91. The van der Waals surface area contributed by atoms with Crippen molar-refractivity contribution in [1.82, 2.24) is 14.9 Å². The molecule has 0 amide bonds. The smallest absolute Gasteiger partial charge is 0.159 e. The van der Waals surface area contributed by atoms with E-state index in [0.29, 0.717) is 54.0 Å². The van der Waals surface area contributed by atoms with Gasteiger partial charge in [-0.3, -0.25) is 9.69 Å². The van der Waals surface area contributed by atoms with Crippen LogP contribution in [0.1, 0.15) is 12.0 Å². The predicted octanol–water partition coefficient (Wildman–Crippen LogP) is 4.33. The normalized spacial score (nSPS) is 20.2. The summed E-state index contributed by atoms with van der Waals surface area (Å²) in [4.78, 5) is 23.9. The average molecular weight is 527 g/mol. The molecule has 1 aromatic heterocycles. The van der Waals surface area contributed by atoms with Gasteiger partial charge in [0.2, 0.25) is 0 Å². The van der Waals surface area contributed by atoms with E-state index < -0.39 is 5.82 Å². The quantitative estimate of drug-likeness (QED) is 0.434. The lowest BCUT2D eigenvalue weighted by molar-refractivity contribution is -0.132. The van der Waals surface area contributed by atoms with Crippen LogP contribution in [-0.2, 0) is 20.7 Å². The monoisotopic (exact) mass is 526 g/mol. The molecule has 0 radical (unpaired) electrons. The molecule has 2 unspecified atom stereocenters. The number of benzene rings is 2. The molecule has 1 N–H and O–H groups in total. The molecule has 2 aliphatic rings. The molecule has 2 atom stereocenters. The summed E-state index contributed by atoms with van der Waals surface area (Å²) >= 11 is 5.92. The first-order valence-corrected chi connectivity index (χ1v) is 12.6. The van der Waals surface area contributed by atoms with Crippen LogP contribution in [0.25, 0.3) is 10.9 Å². The molecule has 0 spiro atoms. The number of fused-ring (bicyclic) bond motifs is 2. The number of methoxy groups -OCH3 is 1. The molecule has 3 aromatic rings. The first-order chi connectivity index (χ1) is 18.0. The number of carbonyl (C=O) groups excluding carboxylic acids is 1. The third-order valence-electron chi connectivity index (χ3n) is 6.68. The largest absolute Gasteiger partial charge is 0.496 e. The fraction of sp³-hybridized carbons (Fsp3) is 0.370. The molecule has 2 aromatic carbocycles. The van der Waals surface area contributed by atoms with Crippen LogP contribution in [0.2, 0.25) is 5.02 Å². The second kappa shape index (κ2) is 11.5. The van der Waals surface area contributed by atoms with Crippen LogP contribution < -0.4 is 10.1 Å². The maximum absolute atomic E-state index is 13.6. The molecular weight excluding hydrogens is 499 g/mol. The molecule has 0 bridgehead atoms. The highest BCUT2D eigenvalue weighted by atomic mass is 35.5. The van der Waals surface area contributed by atoms with E-state index >= 15 is 0 Å². The van der Waals surface area contributed by atoms with Gasteiger partial charge in [-0.2, -0.15) is 0 Å². The van der Waals surface area contributed by atoms with Gasteiger partial charge >= 0.3 is 0 Å². The van der Waals surface area contributed by atoms with E-state index in [9.17, 15) is 9.18 Å². The first kappa shape index (κ1) is 25.5. The van der Waals surface area contributed by atoms with E-state index in [0.717, 1.165) is 25.1 Å². The van der Waals surface area contributed by atoms with Gasteiger partial charge in [0.05, 0.1) is 37.0 Å². The van der Waals surface area contributed by atoms with Gasteiger partial charge < -0.3 is 19.5 Å². The Hall–Kier alpha value is -3.11. The predicted molar refractivity (Wildman–Crippen MR) is 139 cm³/mol. The van der Waals surface area contributed by atoms with Gasteiger partial charge in [0.1, 0.15) is 23.7 Å². The molecule has 2 aliphatic heterocycles. The van der Waals surface area contributed by atoms with Crippen LogP contribution >= 0.6 is 11.6 Å². The van der Waals surface area contributed by atoms with E-state index in [-0.39, 0.29) is 23.3 Å². The Kier molecular flexibility index (Phi) is 7.95. The Morgan fingerprint density at radius 3 is 3.03 bits per heavy atom. The molecule has 3 heterocycles. The van der Waals surface area contributed by atoms with Gasteiger partial charge in [-0.05, 0) is 36.8 Å². The fourth-order valence-electron chi connectivity index (χ4n) is 4.82. The summed E-state index contributed by atoms with van der Waals surface area (Å²) in [6.45, 7) is 3.56. The Morgan fingerprint density at radius 1 is 1.30 bits per heavy atom. The number of anilines is 2. The van der Waals surface area contributed by atoms with Crippen LogP contribution in [0.5, 0.6) is 5.75 Å². The van der Waals surface area contributed by atoms with Crippen molar-refractivity contribution in [3.05, 3.63) is 65.2 Å². The van der Waals surface area contributed by atoms with Gasteiger partial charge in [0.25, 0.3) is 0 Å².